The van der Waals surface area contributed by atoms with Gasteiger partial charge in [-0.05, 0) is 85.4 Å². The van der Waals surface area contributed by atoms with E-state index in [-0.39, 0.29) is 22.2 Å². The zero-order chi connectivity index (χ0) is 29.9. The summed E-state index contributed by atoms with van der Waals surface area (Å²) >= 11 is 2.63. The predicted octanol–water partition coefficient (Wildman–Crippen LogP) is 8.72. The minimum absolute atomic E-state index is 0.000756. The molecule has 42 heavy (non-hydrogen) atoms. The fourth-order valence-corrected chi connectivity index (χ4v) is 7.56. The van der Waals surface area contributed by atoms with Gasteiger partial charge in [-0.3, -0.25) is 4.79 Å². The molecule has 0 spiro atoms. The SMILES string of the molecule is COC(=O)CC1(CS[C@H](CCc2ccccc2C(C)(C)O)c2cccc(C=Cc3ccc4sc(F)c(F)c4n3)c2)CC1. The van der Waals surface area contributed by atoms with Crippen LogP contribution in [-0.4, -0.2) is 28.9 Å². The zero-order valence-corrected chi connectivity index (χ0v) is 25.7. The Morgan fingerprint density at radius 1 is 1.14 bits per heavy atom. The highest BCUT2D eigenvalue weighted by molar-refractivity contribution is 7.99. The highest BCUT2D eigenvalue weighted by atomic mass is 32.2. The monoisotopic (exact) mass is 607 g/mol. The summed E-state index contributed by atoms with van der Waals surface area (Å²) in [5, 5.41) is 10.1. The minimum atomic E-state index is -0.933. The molecule has 5 rings (SSSR count). The van der Waals surface area contributed by atoms with Gasteiger partial charge in [0.1, 0.15) is 5.52 Å². The number of hydrogen-bond donors (Lipinski definition) is 1. The summed E-state index contributed by atoms with van der Waals surface area (Å²) < 4.78 is 33.2. The molecule has 0 amide bonds. The van der Waals surface area contributed by atoms with Crippen LogP contribution in [0.4, 0.5) is 8.78 Å². The van der Waals surface area contributed by atoms with E-state index >= 15 is 0 Å². The van der Waals surface area contributed by atoms with E-state index in [9.17, 15) is 18.7 Å². The number of halogens is 2. The number of rotatable bonds is 12. The van der Waals surface area contributed by atoms with Crippen molar-refractivity contribution in [3.8, 4) is 0 Å². The molecule has 0 unspecified atom stereocenters. The van der Waals surface area contributed by atoms with E-state index in [1.165, 1.54) is 12.7 Å². The fraction of sp³-hybridized carbons (Fsp3) is 0.353. The summed E-state index contributed by atoms with van der Waals surface area (Å²) in [6, 6.07) is 19.8. The van der Waals surface area contributed by atoms with Crippen LogP contribution in [0.5, 0.6) is 0 Å². The summed E-state index contributed by atoms with van der Waals surface area (Å²) in [6.07, 6.45) is 7.90. The molecule has 1 N–H and O–H groups in total. The second-order valence-electron chi connectivity index (χ2n) is 11.6. The second-order valence-corrected chi connectivity index (χ2v) is 13.8. The molecule has 2 aromatic carbocycles. The van der Waals surface area contributed by atoms with E-state index < -0.39 is 16.5 Å². The molecule has 4 nitrogen and oxygen atoms in total. The number of aromatic nitrogens is 1. The summed E-state index contributed by atoms with van der Waals surface area (Å²) in [6.45, 7) is 3.63. The molecule has 1 saturated carbocycles. The molecule has 1 aliphatic carbocycles. The Balaban J connectivity index is 1.37. The first-order valence-corrected chi connectivity index (χ1v) is 16.0. The number of nitrogens with zero attached hydrogens (tertiary/aromatic N) is 1. The Morgan fingerprint density at radius 2 is 1.93 bits per heavy atom. The first-order valence-electron chi connectivity index (χ1n) is 14.1. The third kappa shape index (κ3) is 7.28. The van der Waals surface area contributed by atoms with Crippen LogP contribution in [0, 0.1) is 16.4 Å². The maximum absolute atomic E-state index is 14.1. The van der Waals surface area contributed by atoms with Crippen molar-refractivity contribution in [1.29, 1.82) is 0 Å². The average molecular weight is 608 g/mol. The van der Waals surface area contributed by atoms with E-state index in [0.717, 1.165) is 59.5 Å². The molecule has 1 fully saturated rings. The van der Waals surface area contributed by atoms with Gasteiger partial charge in [0, 0.05) is 11.0 Å². The predicted molar refractivity (Wildman–Crippen MR) is 168 cm³/mol. The van der Waals surface area contributed by atoms with Gasteiger partial charge in [0.2, 0.25) is 5.13 Å². The van der Waals surface area contributed by atoms with Crippen molar-refractivity contribution in [1.82, 2.24) is 4.98 Å². The molecule has 1 aliphatic rings. The summed E-state index contributed by atoms with van der Waals surface area (Å²) in [4.78, 5) is 16.3. The van der Waals surface area contributed by atoms with Gasteiger partial charge in [-0.25, -0.2) is 9.37 Å². The largest absolute Gasteiger partial charge is 0.469 e. The molecule has 0 saturated heterocycles. The zero-order valence-electron chi connectivity index (χ0n) is 24.0. The maximum Gasteiger partial charge on any atom is 0.306 e. The van der Waals surface area contributed by atoms with Crippen LogP contribution < -0.4 is 0 Å². The van der Waals surface area contributed by atoms with Crippen molar-refractivity contribution in [2.45, 2.75) is 56.8 Å². The topological polar surface area (TPSA) is 59.4 Å². The van der Waals surface area contributed by atoms with Gasteiger partial charge in [0.25, 0.3) is 0 Å². The molecule has 220 valence electrons. The van der Waals surface area contributed by atoms with Crippen molar-refractivity contribution in [3.05, 3.63) is 99.6 Å². The number of esters is 1. The van der Waals surface area contributed by atoms with Gasteiger partial charge in [-0.1, -0.05) is 54.6 Å². The van der Waals surface area contributed by atoms with E-state index in [1.807, 2.05) is 68.1 Å². The number of aliphatic hydroxyl groups is 1. The lowest BCUT2D eigenvalue weighted by atomic mass is 9.90. The number of carbonyl (C=O) groups excluding carboxylic acids is 1. The molecule has 0 bridgehead atoms. The van der Waals surface area contributed by atoms with Gasteiger partial charge in [-0.15, -0.1) is 11.3 Å². The van der Waals surface area contributed by atoms with Crippen LogP contribution in [0.2, 0.25) is 0 Å². The van der Waals surface area contributed by atoms with E-state index in [2.05, 4.69) is 23.2 Å². The van der Waals surface area contributed by atoms with Gasteiger partial charge < -0.3 is 9.84 Å². The molecule has 0 radical (unpaired) electrons. The first kappa shape index (κ1) is 30.4. The van der Waals surface area contributed by atoms with Gasteiger partial charge in [-0.2, -0.15) is 16.2 Å². The lowest BCUT2D eigenvalue weighted by Gasteiger charge is -2.24. The number of methoxy groups -OCH3 is 1. The molecular formula is C34H35F2NO3S2. The number of hydrogen-bond acceptors (Lipinski definition) is 6. The first-order chi connectivity index (χ1) is 20.1. The van der Waals surface area contributed by atoms with E-state index in [0.29, 0.717) is 16.8 Å². The number of thioether (sulfide) groups is 1. The molecule has 4 aromatic rings. The van der Waals surface area contributed by atoms with Gasteiger partial charge in [0.15, 0.2) is 5.82 Å². The van der Waals surface area contributed by atoms with Crippen molar-refractivity contribution in [3.63, 3.8) is 0 Å². The number of pyridine rings is 1. The smallest absolute Gasteiger partial charge is 0.306 e. The van der Waals surface area contributed by atoms with Crippen LogP contribution in [0.1, 0.15) is 72.7 Å². The number of ether oxygens (including phenoxy) is 1. The fourth-order valence-electron chi connectivity index (χ4n) is 5.25. The van der Waals surface area contributed by atoms with Crippen molar-refractivity contribution in [2.75, 3.05) is 12.9 Å². The highest BCUT2D eigenvalue weighted by Crippen LogP contribution is 2.53. The molecular weight excluding hydrogens is 573 g/mol. The highest BCUT2D eigenvalue weighted by Gasteiger charge is 2.45. The lowest BCUT2D eigenvalue weighted by molar-refractivity contribution is -0.141. The van der Waals surface area contributed by atoms with Gasteiger partial charge >= 0.3 is 5.97 Å². The molecule has 2 heterocycles. The molecule has 8 heteroatoms. The Labute approximate surface area is 253 Å². The Kier molecular flexibility index (Phi) is 9.16. The lowest BCUT2D eigenvalue weighted by Crippen LogP contribution is -2.18. The van der Waals surface area contributed by atoms with E-state index in [4.69, 9.17) is 4.74 Å². The number of aryl methyl sites for hydroxylation is 1. The van der Waals surface area contributed by atoms with Crippen LogP contribution in [0.15, 0.2) is 60.7 Å². The quantitative estimate of drug-likeness (QED) is 0.163. The molecule has 1 atom stereocenters. The minimum Gasteiger partial charge on any atom is -0.469 e. The Bertz CT molecular complexity index is 1600. The van der Waals surface area contributed by atoms with Crippen molar-refractivity contribution in [2.24, 2.45) is 5.41 Å². The summed E-state index contributed by atoms with van der Waals surface area (Å²) in [5.41, 5.74) is 3.88. The third-order valence-corrected chi connectivity index (χ3v) is 10.4. The normalized spacial score (nSPS) is 15.3. The number of fused-ring (bicyclic) bond motifs is 1. The van der Waals surface area contributed by atoms with Crippen molar-refractivity contribution < 1.29 is 23.4 Å². The van der Waals surface area contributed by atoms with Crippen molar-refractivity contribution >= 4 is 51.4 Å². The maximum atomic E-state index is 14.1. The second kappa shape index (κ2) is 12.7. The Morgan fingerprint density at radius 3 is 2.67 bits per heavy atom. The third-order valence-electron chi connectivity index (χ3n) is 7.84. The molecule has 0 aliphatic heterocycles. The summed E-state index contributed by atoms with van der Waals surface area (Å²) in [7, 11) is 1.44. The average Bonchev–Trinajstić information content (AvgIpc) is 3.68. The number of thiophene rings is 1. The van der Waals surface area contributed by atoms with Gasteiger partial charge in [0.05, 0.1) is 29.5 Å². The van der Waals surface area contributed by atoms with Crippen LogP contribution in [-0.2, 0) is 21.6 Å². The number of carbonyl (C=O) groups is 1. The van der Waals surface area contributed by atoms with Crippen LogP contribution in [0.25, 0.3) is 22.4 Å². The standard InChI is InChI=1S/C34H35F2NO3S2/c1-33(2,39)26-10-5-4-8-23(26)12-15-27(41-21-34(17-18-34)20-29(38)40-3)24-9-6-7-22(19-24)11-13-25-14-16-28-31(37-25)30(35)32(36)42-28/h4-11,13-14,16,19,27,39H,12,15,17-18,20-21H2,1-3H3/t27-/m1/s1. The Hall–Kier alpha value is -3.07. The van der Waals surface area contributed by atoms with Crippen LogP contribution >= 0.6 is 23.1 Å². The molecule has 2 aromatic heterocycles. The van der Waals surface area contributed by atoms with E-state index in [1.54, 1.807) is 12.1 Å². The summed E-state index contributed by atoms with van der Waals surface area (Å²) in [5.74, 6) is -0.196. The van der Waals surface area contributed by atoms with Crippen LogP contribution in [0.3, 0.4) is 0 Å². The number of benzene rings is 2.